The van der Waals surface area contributed by atoms with E-state index in [0.717, 1.165) is 96.3 Å². The maximum atomic E-state index is 12.9. The van der Waals surface area contributed by atoms with Crippen LogP contribution in [0.1, 0.15) is 174 Å². The number of allylic oxidation sites excluding steroid dienone is 21. The fourth-order valence-electron chi connectivity index (χ4n) is 6.53. The molecule has 380 valence electrons. The second kappa shape index (κ2) is 47.7. The summed E-state index contributed by atoms with van der Waals surface area (Å²) in [6.07, 6.45) is 72.3. The number of phosphoric acid groups is 1. The van der Waals surface area contributed by atoms with E-state index in [0.29, 0.717) is 17.4 Å². The summed E-state index contributed by atoms with van der Waals surface area (Å²) in [7, 11) is 1.21. The highest BCUT2D eigenvalue weighted by atomic mass is 31.2. The number of quaternary nitrogens is 1. The third-order valence-electron chi connectivity index (χ3n) is 10.6. The van der Waals surface area contributed by atoms with Crippen LogP contribution in [0.25, 0.3) is 0 Å². The first-order chi connectivity index (χ1) is 32.5. The standard InChI is InChI=1S/C58H97N2O6P/c1-6-8-10-12-14-16-18-20-21-22-23-24-25-26-27-28-29-30-31-32-33-34-35-36-37-38-39-40-42-44-46-48-50-52-58(62)59-56(55-66-67(63,64)65-54-53-60(3,4)5)57(61)51-49-47-45-43-41-19-17-15-13-11-9-7-2/h8,10,14,16,20-21,23-24,26-27,29-30,32-33,35-36,38-39,42,44,49,51,56-57,61H,6-7,9,11-13,15,17-19,22,25,28,31,34,37,40-41,43,45-48,50,52-55H2,1-5H3,(H-,59,62,63,64)/b10-8-,16-14-,21-20-,24-23-,27-26-,30-29-,33-32-,36-35-,39-38-,44-42-,51-49+. The van der Waals surface area contributed by atoms with E-state index in [1.54, 1.807) is 6.08 Å². The van der Waals surface area contributed by atoms with E-state index in [9.17, 15) is 19.4 Å². The van der Waals surface area contributed by atoms with Crippen molar-refractivity contribution in [3.05, 3.63) is 134 Å². The summed E-state index contributed by atoms with van der Waals surface area (Å²) in [5, 5.41) is 13.8. The summed E-state index contributed by atoms with van der Waals surface area (Å²) in [5.41, 5.74) is 0. The van der Waals surface area contributed by atoms with E-state index < -0.39 is 26.6 Å². The van der Waals surface area contributed by atoms with Crippen LogP contribution in [0.2, 0.25) is 0 Å². The molecule has 3 atom stereocenters. The smallest absolute Gasteiger partial charge is 0.268 e. The van der Waals surface area contributed by atoms with Gasteiger partial charge in [0, 0.05) is 6.42 Å². The highest BCUT2D eigenvalue weighted by molar-refractivity contribution is 7.45. The van der Waals surface area contributed by atoms with E-state index >= 15 is 0 Å². The van der Waals surface area contributed by atoms with Gasteiger partial charge in [0.25, 0.3) is 7.82 Å². The average Bonchev–Trinajstić information content (AvgIpc) is 3.29. The molecular weight excluding hydrogens is 852 g/mol. The summed E-state index contributed by atoms with van der Waals surface area (Å²) >= 11 is 0. The third kappa shape index (κ3) is 50.3. The number of nitrogens with one attached hydrogen (secondary N) is 1. The van der Waals surface area contributed by atoms with Crippen LogP contribution in [0, 0.1) is 0 Å². The van der Waals surface area contributed by atoms with Gasteiger partial charge in [-0.2, -0.15) is 0 Å². The largest absolute Gasteiger partial charge is 0.756 e. The van der Waals surface area contributed by atoms with E-state index in [-0.39, 0.29) is 18.9 Å². The Morgan fingerprint density at radius 3 is 1.33 bits per heavy atom. The Balaban J connectivity index is 4.33. The molecule has 0 radical (unpaired) electrons. The minimum Gasteiger partial charge on any atom is -0.756 e. The molecule has 0 saturated heterocycles. The molecule has 0 rings (SSSR count). The van der Waals surface area contributed by atoms with E-state index in [1.165, 1.54) is 51.4 Å². The molecule has 0 aliphatic rings. The number of aliphatic hydroxyl groups is 1. The summed E-state index contributed by atoms with van der Waals surface area (Å²) in [6, 6.07) is -0.919. The van der Waals surface area contributed by atoms with Crippen molar-refractivity contribution < 1.29 is 32.9 Å². The van der Waals surface area contributed by atoms with Crippen LogP contribution in [0.3, 0.4) is 0 Å². The zero-order valence-electron chi connectivity index (χ0n) is 43.0. The van der Waals surface area contributed by atoms with Gasteiger partial charge in [0.2, 0.25) is 5.91 Å². The number of likely N-dealkylation sites (N-methyl/N-ethyl adjacent to an activating group) is 1. The fourth-order valence-corrected chi connectivity index (χ4v) is 7.25. The van der Waals surface area contributed by atoms with Gasteiger partial charge in [-0.25, -0.2) is 0 Å². The molecule has 0 heterocycles. The number of amides is 1. The third-order valence-corrected chi connectivity index (χ3v) is 11.6. The predicted octanol–water partition coefficient (Wildman–Crippen LogP) is 15.0. The molecule has 0 aromatic rings. The number of aliphatic hydroxyl groups excluding tert-OH is 1. The van der Waals surface area contributed by atoms with Crippen LogP contribution in [0.4, 0.5) is 0 Å². The quantitative estimate of drug-likeness (QED) is 0.0272. The molecule has 0 aromatic heterocycles. The van der Waals surface area contributed by atoms with Crippen LogP contribution in [0.15, 0.2) is 134 Å². The van der Waals surface area contributed by atoms with Crippen molar-refractivity contribution >= 4 is 13.7 Å². The van der Waals surface area contributed by atoms with Crippen molar-refractivity contribution in [2.24, 2.45) is 0 Å². The maximum absolute atomic E-state index is 12.9. The summed E-state index contributed by atoms with van der Waals surface area (Å²) in [6.45, 7) is 4.46. The zero-order valence-corrected chi connectivity index (χ0v) is 43.9. The summed E-state index contributed by atoms with van der Waals surface area (Å²) in [5.74, 6) is -0.247. The highest BCUT2D eigenvalue weighted by Crippen LogP contribution is 2.38. The lowest BCUT2D eigenvalue weighted by atomic mass is 10.1. The Kier molecular flexibility index (Phi) is 45.3. The first-order valence-corrected chi connectivity index (χ1v) is 27.5. The second-order valence-corrected chi connectivity index (χ2v) is 19.6. The lowest BCUT2D eigenvalue weighted by molar-refractivity contribution is -0.870. The molecule has 0 aromatic carbocycles. The van der Waals surface area contributed by atoms with Crippen molar-refractivity contribution in [2.75, 3.05) is 40.9 Å². The van der Waals surface area contributed by atoms with Crippen molar-refractivity contribution in [1.82, 2.24) is 5.32 Å². The molecule has 1 amide bonds. The highest BCUT2D eigenvalue weighted by Gasteiger charge is 2.23. The van der Waals surface area contributed by atoms with E-state index in [4.69, 9.17) is 9.05 Å². The number of nitrogens with zero attached hydrogens (tertiary/aromatic N) is 1. The average molecular weight is 949 g/mol. The van der Waals surface area contributed by atoms with Gasteiger partial charge in [-0.3, -0.25) is 9.36 Å². The van der Waals surface area contributed by atoms with Gasteiger partial charge in [0.15, 0.2) is 0 Å². The van der Waals surface area contributed by atoms with Crippen LogP contribution in [0.5, 0.6) is 0 Å². The molecule has 8 nitrogen and oxygen atoms in total. The first kappa shape index (κ1) is 63.6. The second-order valence-electron chi connectivity index (χ2n) is 18.1. The summed E-state index contributed by atoms with van der Waals surface area (Å²) < 4.78 is 23.2. The van der Waals surface area contributed by atoms with Crippen molar-refractivity contribution in [2.45, 2.75) is 187 Å². The lowest BCUT2D eigenvalue weighted by Gasteiger charge is -2.29. The number of hydrogen-bond acceptors (Lipinski definition) is 6. The number of carbonyl (C=O) groups excluding carboxylic acids is 1. The molecule has 0 fully saturated rings. The van der Waals surface area contributed by atoms with Crippen molar-refractivity contribution in [1.29, 1.82) is 0 Å². The van der Waals surface area contributed by atoms with Crippen LogP contribution >= 0.6 is 7.82 Å². The Hall–Kier alpha value is -3.36. The number of carbonyl (C=O) groups is 1. The van der Waals surface area contributed by atoms with Gasteiger partial charge in [-0.15, -0.1) is 0 Å². The number of phosphoric ester groups is 1. The number of hydrogen-bond donors (Lipinski definition) is 2. The van der Waals surface area contributed by atoms with Gasteiger partial charge in [-0.05, 0) is 96.3 Å². The van der Waals surface area contributed by atoms with Crippen LogP contribution in [-0.4, -0.2) is 68.5 Å². The molecule has 0 aliphatic heterocycles. The van der Waals surface area contributed by atoms with Crippen molar-refractivity contribution in [3.8, 4) is 0 Å². The van der Waals surface area contributed by atoms with Gasteiger partial charge in [-0.1, -0.05) is 205 Å². The SMILES string of the molecule is CC/C=C\C/C=C\C/C=C\C/C=C\C/C=C\C/C=C\C/C=C\C/C=C\C/C=C\C/C=C\CCCCC(=O)NC(COP(=O)([O-])OCC[N+](C)(C)C)C(O)/C=C/CCCCCCCCCCCC. The lowest BCUT2D eigenvalue weighted by Crippen LogP contribution is -2.45. The Labute approximate surface area is 411 Å². The predicted molar refractivity (Wildman–Crippen MR) is 288 cm³/mol. The van der Waals surface area contributed by atoms with E-state index in [1.807, 2.05) is 27.2 Å². The van der Waals surface area contributed by atoms with Gasteiger partial charge >= 0.3 is 0 Å². The number of unbranched alkanes of at least 4 members (excludes halogenated alkanes) is 12. The fraction of sp³-hybridized carbons (Fsp3) is 0.603. The topological polar surface area (TPSA) is 108 Å². The van der Waals surface area contributed by atoms with Gasteiger partial charge in [0.1, 0.15) is 13.2 Å². The van der Waals surface area contributed by atoms with Gasteiger partial charge < -0.3 is 28.8 Å². The molecule has 0 saturated carbocycles. The molecule has 2 N–H and O–H groups in total. The molecule has 9 heteroatoms. The minimum absolute atomic E-state index is 0.0174. The summed E-state index contributed by atoms with van der Waals surface area (Å²) in [4.78, 5) is 25.4. The van der Waals surface area contributed by atoms with Crippen molar-refractivity contribution in [3.63, 3.8) is 0 Å². The number of rotatable bonds is 45. The zero-order chi connectivity index (χ0) is 49.2. The first-order valence-electron chi connectivity index (χ1n) is 26.0. The molecular formula is C58H97N2O6P. The van der Waals surface area contributed by atoms with Crippen LogP contribution in [-0.2, 0) is 18.4 Å². The molecule has 0 aliphatic carbocycles. The van der Waals surface area contributed by atoms with E-state index in [2.05, 4.69) is 141 Å². The maximum Gasteiger partial charge on any atom is 0.268 e. The Morgan fingerprint density at radius 2 is 0.910 bits per heavy atom. The van der Waals surface area contributed by atoms with Gasteiger partial charge in [0.05, 0.1) is 39.9 Å². The Bertz CT molecular complexity index is 1540. The molecule has 67 heavy (non-hydrogen) atoms. The molecule has 0 bridgehead atoms. The monoisotopic (exact) mass is 949 g/mol. The Morgan fingerprint density at radius 1 is 0.537 bits per heavy atom. The normalized spacial score (nSPS) is 15.1. The molecule has 3 unspecified atom stereocenters. The van der Waals surface area contributed by atoms with Crippen LogP contribution < -0.4 is 10.2 Å². The molecule has 0 spiro atoms. The minimum atomic E-state index is -4.61.